The average Bonchev–Trinajstić information content (AvgIpc) is 2.91. The normalized spacial score (nSPS) is 13.9. The summed E-state index contributed by atoms with van der Waals surface area (Å²) >= 11 is 1.56. The van der Waals surface area contributed by atoms with Gasteiger partial charge in [-0.1, -0.05) is 37.3 Å². The van der Waals surface area contributed by atoms with Crippen LogP contribution >= 0.6 is 36.2 Å². The fraction of sp³-hybridized carbons (Fsp3) is 0.375. The zero-order chi connectivity index (χ0) is 15.5. The van der Waals surface area contributed by atoms with Crippen molar-refractivity contribution in [3.05, 3.63) is 52.0 Å². The Balaban J connectivity index is 0.00000242. The molecule has 0 bridgehead atoms. The van der Waals surface area contributed by atoms with Gasteiger partial charge in [0.15, 0.2) is 0 Å². The SMILES string of the molecule is CCC(NC(=O)C(C)(N)c1ccccc1)c1nc(C)cs1.Cl.Cl. The molecule has 0 saturated carbocycles. The monoisotopic (exact) mass is 375 g/mol. The van der Waals surface area contributed by atoms with Crippen LogP contribution < -0.4 is 11.1 Å². The summed E-state index contributed by atoms with van der Waals surface area (Å²) < 4.78 is 0. The molecule has 0 aliphatic rings. The highest BCUT2D eigenvalue weighted by Crippen LogP contribution is 2.24. The van der Waals surface area contributed by atoms with Gasteiger partial charge in [-0.15, -0.1) is 36.2 Å². The number of rotatable bonds is 5. The minimum Gasteiger partial charge on any atom is -0.345 e. The predicted octanol–water partition coefficient (Wildman–Crippen LogP) is 3.74. The van der Waals surface area contributed by atoms with E-state index in [0.717, 1.165) is 22.7 Å². The average molecular weight is 376 g/mol. The Kier molecular flexibility index (Phi) is 8.77. The summed E-state index contributed by atoms with van der Waals surface area (Å²) in [6, 6.07) is 9.32. The van der Waals surface area contributed by atoms with Crippen LogP contribution in [0.3, 0.4) is 0 Å². The van der Waals surface area contributed by atoms with Gasteiger partial charge >= 0.3 is 0 Å². The fourth-order valence-corrected chi connectivity index (χ4v) is 3.02. The number of nitrogens with one attached hydrogen (secondary N) is 1. The van der Waals surface area contributed by atoms with Crippen molar-refractivity contribution in [2.75, 3.05) is 0 Å². The number of carbonyl (C=O) groups is 1. The van der Waals surface area contributed by atoms with E-state index in [4.69, 9.17) is 5.73 Å². The lowest BCUT2D eigenvalue weighted by atomic mass is 9.92. The van der Waals surface area contributed by atoms with E-state index in [0.29, 0.717) is 0 Å². The lowest BCUT2D eigenvalue weighted by Crippen LogP contribution is -2.49. The summed E-state index contributed by atoms with van der Waals surface area (Å²) in [5.41, 5.74) is 6.96. The molecule has 0 aliphatic carbocycles. The van der Waals surface area contributed by atoms with Gasteiger partial charge in [0.1, 0.15) is 10.5 Å². The number of nitrogens with zero attached hydrogens (tertiary/aromatic N) is 1. The van der Waals surface area contributed by atoms with E-state index >= 15 is 0 Å². The van der Waals surface area contributed by atoms with E-state index in [2.05, 4.69) is 10.3 Å². The van der Waals surface area contributed by atoms with E-state index in [1.54, 1.807) is 18.3 Å². The van der Waals surface area contributed by atoms with Crippen LogP contribution in [0, 0.1) is 6.92 Å². The van der Waals surface area contributed by atoms with E-state index in [9.17, 15) is 4.79 Å². The number of carbonyl (C=O) groups excluding carboxylic acids is 1. The quantitative estimate of drug-likeness (QED) is 0.835. The maximum absolute atomic E-state index is 12.6. The molecule has 2 atom stereocenters. The minimum absolute atomic E-state index is 0. The number of benzene rings is 1. The molecular weight excluding hydrogens is 353 g/mol. The first-order valence-corrected chi connectivity index (χ1v) is 7.90. The van der Waals surface area contributed by atoms with Crippen molar-refractivity contribution < 1.29 is 4.79 Å². The number of aromatic nitrogens is 1. The number of hydrogen-bond donors (Lipinski definition) is 2. The molecule has 1 aromatic carbocycles. The van der Waals surface area contributed by atoms with Crippen LogP contribution in [0.4, 0.5) is 0 Å². The number of halogens is 2. The zero-order valence-electron chi connectivity index (χ0n) is 13.4. The molecule has 0 aliphatic heterocycles. The van der Waals surface area contributed by atoms with Gasteiger partial charge in [0.25, 0.3) is 0 Å². The molecular formula is C16H23Cl2N3OS. The molecule has 4 nitrogen and oxygen atoms in total. The van der Waals surface area contributed by atoms with Crippen LogP contribution in [0.5, 0.6) is 0 Å². The molecule has 23 heavy (non-hydrogen) atoms. The standard InChI is InChI=1S/C16H21N3OS.2ClH/c1-4-13(14-18-11(2)10-21-14)19-15(20)16(3,17)12-8-6-5-7-9-12;;/h5-10,13H,4,17H2,1-3H3,(H,19,20);2*1H. The lowest BCUT2D eigenvalue weighted by Gasteiger charge is -2.26. The van der Waals surface area contributed by atoms with Crippen molar-refractivity contribution in [3.63, 3.8) is 0 Å². The molecule has 2 rings (SSSR count). The minimum atomic E-state index is -1.05. The Morgan fingerprint density at radius 2 is 1.96 bits per heavy atom. The number of nitrogens with two attached hydrogens (primary N) is 1. The van der Waals surface area contributed by atoms with Crippen molar-refractivity contribution in [1.82, 2.24) is 10.3 Å². The Labute approximate surface area is 153 Å². The molecule has 1 heterocycles. The first-order chi connectivity index (χ1) is 9.95. The van der Waals surface area contributed by atoms with E-state index in [-0.39, 0.29) is 36.8 Å². The zero-order valence-corrected chi connectivity index (χ0v) is 15.9. The molecule has 0 fully saturated rings. The Morgan fingerprint density at radius 1 is 1.35 bits per heavy atom. The van der Waals surface area contributed by atoms with Crippen molar-refractivity contribution in [3.8, 4) is 0 Å². The van der Waals surface area contributed by atoms with Gasteiger partial charge in [0.2, 0.25) is 5.91 Å². The highest BCUT2D eigenvalue weighted by atomic mass is 35.5. The van der Waals surface area contributed by atoms with Gasteiger partial charge in [-0.3, -0.25) is 4.79 Å². The highest BCUT2D eigenvalue weighted by Gasteiger charge is 2.32. The second-order valence-electron chi connectivity index (χ2n) is 5.33. The summed E-state index contributed by atoms with van der Waals surface area (Å²) in [7, 11) is 0. The summed E-state index contributed by atoms with van der Waals surface area (Å²) in [5, 5.41) is 5.93. The van der Waals surface area contributed by atoms with Gasteiger partial charge in [0.05, 0.1) is 6.04 Å². The van der Waals surface area contributed by atoms with Gasteiger partial charge in [-0.05, 0) is 25.8 Å². The number of amides is 1. The number of aryl methyl sites for hydroxylation is 1. The van der Waals surface area contributed by atoms with Crippen molar-refractivity contribution in [2.45, 2.75) is 38.8 Å². The van der Waals surface area contributed by atoms with Crippen LogP contribution in [-0.2, 0) is 10.3 Å². The van der Waals surface area contributed by atoms with Crippen LogP contribution in [0.2, 0.25) is 0 Å². The lowest BCUT2D eigenvalue weighted by molar-refractivity contribution is -0.126. The molecule has 0 radical (unpaired) electrons. The molecule has 7 heteroatoms. The molecule has 2 unspecified atom stereocenters. The smallest absolute Gasteiger partial charge is 0.244 e. The van der Waals surface area contributed by atoms with Gasteiger partial charge in [0, 0.05) is 11.1 Å². The maximum atomic E-state index is 12.6. The van der Waals surface area contributed by atoms with Crippen molar-refractivity contribution in [2.24, 2.45) is 5.73 Å². The molecule has 2 aromatic rings. The first kappa shape index (κ1) is 21.9. The topological polar surface area (TPSA) is 68.0 Å². The van der Waals surface area contributed by atoms with Gasteiger partial charge < -0.3 is 11.1 Å². The Bertz CT molecular complexity index is 617. The largest absolute Gasteiger partial charge is 0.345 e. The number of thiazole rings is 1. The van der Waals surface area contributed by atoms with Crippen LogP contribution in [-0.4, -0.2) is 10.9 Å². The molecule has 1 amide bonds. The second kappa shape index (κ2) is 9.23. The summed E-state index contributed by atoms with van der Waals surface area (Å²) in [6.45, 7) is 5.71. The maximum Gasteiger partial charge on any atom is 0.244 e. The van der Waals surface area contributed by atoms with Gasteiger partial charge in [-0.2, -0.15) is 0 Å². The van der Waals surface area contributed by atoms with Crippen molar-refractivity contribution in [1.29, 1.82) is 0 Å². The molecule has 1 aromatic heterocycles. The predicted molar refractivity (Wildman–Crippen MR) is 101 cm³/mol. The molecule has 128 valence electrons. The first-order valence-electron chi connectivity index (χ1n) is 7.02. The molecule has 0 saturated heterocycles. The van der Waals surface area contributed by atoms with E-state index < -0.39 is 5.54 Å². The fourth-order valence-electron chi connectivity index (χ4n) is 2.09. The summed E-state index contributed by atoms with van der Waals surface area (Å²) in [5.74, 6) is -0.187. The second-order valence-corrected chi connectivity index (χ2v) is 6.22. The molecule has 3 N–H and O–H groups in total. The highest BCUT2D eigenvalue weighted by molar-refractivity contribution is 7.09. The number of hydrogen-bond acceptors (Lipinski definition) is 4. The van der Waals surface area contributed by atoms with Crippen LogP contribution in [0.1, 0.15) is 42.6 Å². The van der Waals surface area contributed by atoms with E-state index in [1.807, 2.05) is 49.6 Å². The third-order valence-corrected chi connectivity index (χ3v) is 4.57. The van der Waals surface area contributed by atoms with E-state index in [1.165, 1.54) is 0 Å². The summed E-state index contributed by atoms with van der Waals surface area (Å²) in [4.78, 5) is 17.0. The molecule has 0 spiro atoms. The Hall–Kier alpha value is -1.14. The third kappa shape index (κ3) is 5.18. The van der Waals surface area contributed by atoms with Crippen molar-refractivity contribution >= 4 is 42.1 Å². The Morgan fingerprint density at radius 3 is 2.43 bits per heavy atom. The summed E-state index contributed by atoms with van der Waals surface area (Å²) in [6.07, 6.45) is 0.781. The van der Waals surface area contributed by atoms with Gasteiger partial charge in [-0.25, -0.2) is 4.98 Å². The van der Waals surface area contributed by atoms with Crippen LogP contribution in [0.25, 0.3) is 0 Å². The third-order valence-electron chi connectivity index (χ3n) is 3.49. The van der Waals surface area contributed by atoms with Crippen LogP contribution in [0.15, 0.2) is 35.7 Å².